The summed E-state index contributed by atoms with van der Waals surface area (Å²) in [5, 5.41) is 2.82. The van der Waals surface area contributed by atoms with E-state index in [0.29, 0.717) is 30.3 Å². The number of hydrogen-bond donors (Lipinski definition) is 1. The monoisotopic (exact) mass is 338 g/mol. The van der Waals surface area contributed by atoms with E-state index in [0.717, 1.165) is 5.75 Å². The highest BCUT2D eigenvalue weighted by Crippen LogP contribution is 2.18. The molecule has 0 saturated heterocycles. The fourth-order valence-electron chi connectivity index (χ4n) is 2.22. The van der Waals surface area contributed by atoms with Gasteiger partial charge in [-0.2, -0.15) is 0 Å². The SMILES string of the molecule is COc1cccc(OCCNC(=O)c2ccnc(-n3ccnc3)c2)c1. The summed E-state index contributed by atoms with van der Waals surface area (Å²) in [5.74, 6) is 1.88. The molecule has 0 unspecified atom stereocenters. The third-order valence-electron chi connectivity index (χ3n) is 3.47. The normalized spacial score (nSPS) is 10.3. The van der Waals surface area contributed by atoms with Gasteiger partial charge in [-0.05, 0) is 24.3 Å². The van der Waals surface area contributed by atoms with Gasteiger partial charge in [-0.1, -0.05) is 6.07 Å². The van der Waals surface area contributed by atoms with Gasteiger partial charge in [0.15, 0.2) is 0 Å². The highest BCUT2D eigenvalue weighted by molar-refractivity contribution is 5.94. The molecule has 3 rings (SSSR count). The standard InChI is InChI=1S/C18H18N4O3/c1-24-15-3-2-4-16(12-15)25-10-8-21-18(23)14-5-6-20-17(11-14)22-9-7-19-13-22/h2-7,9,11-13H,8,10H2,1H3,(H,21,23). The van der Waals surface area contributed by atoms with Crippen LogP contribution in [-0.2, 0) is 0 Å². The molecule has 0 aliphatic carbocycles. The lowest BCUT2D eigenvalue weighted by Gasteiger charge is -2.09. The number of hydrogen-bond acceptors (Lipinski definition) is 5. The van der Waals surface area contributed by atoms with Gasteiger partial charge in [-0.3, -0.25) is 9.36 Å². The molecule has 0 saturated carbocycles. The van der Waals surface area contributed by atoms with Crippen molar-refractivity contribution in [3.63, 3.8) is 0 Å². The summed E-state index contributed by atoms with van der Waals surface area (Å²) in [7, 11) is 1.60. The molecule has 0 spiro atoms. The summed E-state index contributed by atoms with van der Waals surface area (Å²) in [6.45, 7) is 0.747. The zero-order valence-electron chi connectivity index (χ0n) is 13.8. The number of aromatic nitrogens is 3. The van der Waals surface area contributed by atoms with E-state index >= 15 is 0 Å². The largest absolute Gasteiger partial charge is 0.497 e. The van der Waals surface area contributed by atoms with Crippen molar-refractivity contribution in [1.29, 1.82) is 0 Å². The van der Waals surface area contributed by atoms with E-state index in [1.807, 2.05) is 18.2 Å². The van der Waals surface area contributed by atoms with Crippen LogP contribution in [0.5, 0.6) is 11.5 Å². The van der Waals surface area contributed by atoms with E-state index in [1.165, 1.54) is 0 Å². The lowest BCUT2D eigenvalue weighted by atomic mass is 10.2. The Labute approximate surface area is 145 Å². The molecule has 0 radical (unpaired) electrons. The lowest BCUT2D eigenvalue weighted by molar-refractivity contribution is 0.0947. The predicted octanol–water partition coefficient (Wildman–Crippen LogP) is 2.08. The van der Waals surface area contributed by atoms with E-state index in [4.69, 9.17) is 9.47 Å². The molecule has 1 amide bonds. The van der Waals surface area contributed by atoms with Gasteiger partial charge in [0.25, 0.3) is 5.91 Å². The Kier molecular flexibility index (Phi) is 5.26. The van der Waals surface area contributed by atoms with Crippen LogP contribution in [0.2, 0.25) is 0 Å². The average Bonchev–Trinajstić information content (AvgIpc) is 3.20. The first-order valence-corrected chi connectivity index (χ1v) is 7.76. The Hall–Kier alpha value is -3.35. The number of benzene rings is 1. The first kappa shape index (κ1) is 16.5. The second-order valence-corrected chi connectivity index (χ2v) is 5.16. The van der Waals surface area contributed by atoms with Crippen molar-refractivity contribution in [3.8, 4) is 17.3 Å². The van der Waals surface area contributed by atoms with Crippen molar-refractivity contribution in [1.82, 2.24) is 19.9 Å². The van der Waals surface area contributed by atoms with Crippen LogP contribution >= 0.6 is 0 Å². The molecule has 128 valence electrons. The first-order valence-electron chi connectivity index (χ1n) is 7.76. The van der Waals surface area contributed by atoms with Gasteiger partial charge in [0.1, 0.15) is 30.3 Å². The van der Waals surface area contributed by atoms with Crippen LogP contribution in [0.25, 0.3) is 5.82 Å². The maximum Gasteiger partial charge on any atom is 0.251 e. The molecule has 0 fully saturated rings. The van der Waals surface area contributed by atoms with Crippen LogP contribution in [0, 0.1) is 0 Å². The third kappa shape index (κ3) is 4.35. The number of imidazole rings is 1. The molecule has 2 aromatic heterocycles. The molecule has 0 bridgehead atoms. The Bertz CT molecular complexity index is 834. The number of ether oxygens (including phenoxy) is 2. The van der Waals surface area contributed by atoms with E-state index in [2.05, 4.69) is 15.3 Å². The molecule has 0 aliphatic rings. The number of pyridine rings is 1. The van der Waals surface area contributed by atoms with Gasteiger partial charge in [-0.25, -0.2) is 9.97 Å². The quantitative estimate of drug-likeness (QED) is 0.667. The summed E-state index contributed by atoms with van der Waals surface area (Å²) in [6.07, 6.45) is 6.65. The molecule has 7 heteroatoms. The minimum absolute atomic E-state index is 0.182. The van der Waals surface area contributed by atoms with E-state index < -0.39 is 0 Å². The molecule has 0 aliphatic heterocycles. The number of amides is 1. The van der Waals surface area contributed by atoms with Crippen molar-refractivity contribution in [2.24, 2.45) is 0 Å². The highest BCUT2D eigenvalue weighted by Gasteiger charge is 2.07. The molecule has 3 aromatic rings. The average molecular weight is 338 g/mol. The van der Waals surface area contributed by atoms with Crippen LogP contribution in [0.15, 0.2) is 61.3 Å². The van der Waals surface area contributed by atoms with Crippen molar-refractivity contribution in [2.45, 2.75) is 0 Å². The third-order valence-corrected chi connectivity index (χ3v) is 3.47. The molecule has 2 heterocycles. The fourth-order valence-corrected chi connectivity index (χ4v) is 2.22. The van der Waals surface area contributed by atoms with Crippen LogP contribution in [-0.4, -0.2) is 40.7 Å². The van der Waals surface area contributed by atoms with Crippen molar-refractivity contribution in [2.75, 3.05) is 20.3 Å². The Morgan fingerprint density at radius 2 is 2.08 bits per heavy atom. The van der Waals surface area contributed by atoms with Gasteiger partial charge in [-0.15, -0.1) is 0 Å². The van der Waals surface area contributed by atoms with Crippen LogP contribution in [0.1, 0.15) is 10.4 Å². The van der Waals surface area contributed by atoms with Crippen molar-refractivity contribution >= 4 is 5.91 Å². The number of nitrogens with zero attached hydrogens (tertiary/aromatic N) is 3. The molecule has 0 atom stereocenters. The topological polar surface area (TPSA) is 78.3 Å². The number of carbonyl (C=O) groups is 1. The maximum absolute atomic E-state index is 12.2. The number of carbonyl (C=O) groups excluding carboxylic acids is 1. The second-order valence-electron chi connectivity index (χ2n) is 5.16. The maximum atomic E-state index is 12.2. The lowest BCUT2D eigenvalue weighted by Crippen LogP contribution is -2.28. The van der Waals surface area contributed by atoms with Gasteiger partial charge < -0.3 is 14.8 Å². The highest BCUT2D eigenvalue weighted by atomic mass is 16.5. The molecule has 1 aromatic carbocycles. The fraction of sp³-hybridized carbons (Fsp3) is 0.167. The number of methoxy groups -OCH3 is 1. The van der Waals surface area contributed by atoms with Gasteiger partial charge in [0, 0.05) is 30.2 Å². The van der Waals surface area contributed by atoms with Gasteiger partial charge in [0.05, 0.1) is 13.7 Å². The van der Waals surface area contributed by atoms with Gasteiger partial charge >= 0.3 is 0 Å². The van der Waals surface area contributed by atoms with Crippen molar-refractivity contribution < 1.29 is 14.3 Å². The van der Waals surface area contributed by atoms with E-state index in [9.17, 15) is 4.79 Å². The van der Waals surface area contributed by atoms with Crippen LogP contribution in [0.4, 0.5) is 0 Å². The van der Waals surface area contributed by atoms with Crippen LogP contribution < -0.4 is 14.8 Å². The molecule has 1 N–H and O–H groups in total. The minimum Gasteiger partial charge on any atom is -0.497 e. The molecular weight excluding hydrogens is 320 g/mol. The predicted molar refractivity (Wildman–Crippen MR) is 92.2 cm³/mol. The molecular formula is C18H18N4O3. The smallest absolute Gasteiger partial charge is 0.251 e. The Balaban J connectivity index is 1.52. The minimum atomic E-state index is -0.182. The summed E-state index contributed by atoms with van der Waals surface area (Å²) in [4.78, 5) is 20.4. The first-order chi connectivity index (χ1) is 12.3. The summed E-state index contributed by atoms with van der Waals surface area (Å²) >= 11 is 0. The summed E-state index contributed by atoms with van der Waals surface area (Å²) in [5.41, 5.74) is 0.528. The van der Waals surface area contributed by atoms with Crippen molar-refractivity contribution in [3.05, 3.63) is 66.9 Å². The van der Waals surface area contributed by atoms with Crippen LogP contribution in [0.3, 0.4) is 0 Å². The van der Waals surface area contributed by atoms with E-state index in [1.54, 1.807) is 54.8 Å². The Morgan fingerprint density at radius 1 is 1.20 bits per heavy atom. The number of nitrogens with one attached hydrogen (secondary N) is 1. The summed E-state index contributed by atoms with van der Waals surface area (Å²) in [6, 6.07) is 10.7. The zero-order chi connectivity index (χ0) is 17.5. The molecule has 25 heavy (non-hydrogen) atoms. The summed E-state index contributed by atoms with van der Waals surface area (Å²) < 4.78 is 12.5. The Morgan fingerprint density at radius 3 is 2.88 bits per heavy atom. The number of rotatable bonds is 7. The van der Waals surface area contributed by atoms with Gasteiger partial charge in [0.2, 0.25) is 0 Å². The van der Waals surface area contributed by atoms with E-state index in [-0.39, 0.29) is 5.91 Å². The zero-order valence-corrected chi connectivity index (χ0v) is 13.8. The second kappa shape index (κ2) is 7.96. The molecule has 7 nitrogen and oxygen atoms in total.